The first-order chi connectivity index (χ1) is 14.2. The van der Waals surface area contributed by atoms with E-state index in [0.29, 0.717) is 16.8 Å². The van der Waals surface area contributed by atoms with Crippen LogP contribution in [0.15, 0.2) is 34.7 Å². The van der Waals surface area contributed by atoms with Gasteiger partial charge in [-0.2, -0.15) is 11.8 Å². The average molecular weight is 450 g/mol. The molecule has 2 saturated heterocycles. The van der Waals surface area contributed by atoms with Crippen LogP contribution in [0.4, 0.5) is 9.93 Å². The molecule has 2 fully saturated rings. The molecule has 0 saturated carbocycles. The van der Waals surface area contributed by atoms with Gasteiger partial charge in [0.25, 0.3) is 0 Å². The van der Waals surface area contributed by atoms with E-state index in [-0.39, 0.29) is 24.0 Å². The van der Waals surface area contributed by atoms with Crippen LogP contribution >= 0.6 is 34.9 Å². The molecular formula is C19H23N5O2S3. The van der Waals surface area contributed by atoms with Crippen molar-refractivity contribution in [3.8, 4) is 0 Å². The number of thioether (sulfide) groups is 2. The number of aromatic nitrogens is 2. The molecule has 1 aromatic heterocycles. The molecular weight excluding hydrogens is 426 g/mol. The molecule has 29 heavy (non-hydrogen) atoms. The summed E-state index contributed by atoms with van der Waals surface area (Å²) >= 11 is 4.94. The van der Waals surface area contributed by atoms with Crippen LogP contribution in [0, 0.1) is 0 Å². The summed E-state index contributed by atoms with van der Waals surface area (Å²) in [6, 6.07) is 10.6. The van der Waals surface area contributed by atoms with Crippen LogP contribution < -0.4 is 16.0 Å². The maximum Gasteiger partial charge on any atom is 0.315 e. The van der Waals surface area contributed by atoms with Gasteiger partial charge in [-0.15, -0.1) is 10.2 Å². The molecule has 2 aliphatic heterocycles. The molecule has 0 spiro atoms. The minimum Gasteiger partial charge on any atom is -0.332 e. The molecule has 1 aromatic carbocycles. The Labute approximate surface area is 182 Å². The summed E-state index contributed by atoms with van der Waals surface area (Å²) in [5.41, 5.74) is 1.23. The second-order valence-corrected chi connectivity index (χ2v) is 10.5. The van der Waals surface area contributed by atoms with Crippen molar-refractivity contribution >= 4 is 51.9 Å². The van der Waals surface area contributed by atoms with E-state index in [1.807, 2.05) is 30.0 Å². The molecule has 0 bridgehead atoms. The number of urea groups is 1. The quantitative estimate of drug-likeness (QED) is 0.235. The number of anilines is 1. The molecule has 154 valence electrons. The summed E-state index contributed by atoms with van der Waals surface area (Å²) < 4.78 is 0.851. The normalized spacial score (nSPS) is 22.8. The zero-order valence-electron chi connectivity index (χ0n) is 15.8. The Bertz CT molecular complexity index is 847. The first-order valence-electron chi connectivity index (χ1n) is 9.66. The van der Waals surface area contributed by atoms with Crippen LogP contribution in [0.25, 0.3) is 0 Å². The predicted octanol–water partition coefficient (Wildman–Crippen LogP) is 3.49. The third-order valence-electron chi connectivity index (χ3n) is 4.94. The number of nitrogens with zero attached hydrogens (tertiary/aromatic N) is 2. The van der Waals surface area contributed by atoms with Gasteiger partial charge in [0.2, 0.25) is 11.0 Å². The predicted molar refractivity (Wildman–Crippen MR) is 118 cm³/mol. The van der Waals surface area contributed by atoms with Crippen molar-refractivity contribution in [2.45, 2.75) is 53.1 Å². The van der Waals surface area contributed by atoms with Gasteiger partial charge in [-0.1, -0.05) is 59.9 Å². The molecule has 7 nitrogen and oxygen atoms in total. The van der Waals surface area contributed by atoms with Gasteiger partial charge in [0.1, 0.15) is 0 Å². The molecule has 0 unspecified atom stereocenters. The summed E-state index contributed by atoms with van der Waals surface area (Å²) in [6.07, 6.45) is 3.29. The van der Waals surface area contributed by atoms with Crippen LogP contribution in [0.3, 0.4) is 0 Å². The molecule has 2 aromatic rings. The highest BCUT2D eigenvalue weighted by atomic mass is 32.2. The minimum absolute atomic E-state index is 0.0199. The van der Waals surface area contributed by atoms with Crippen LogP contribution in [0.1, 0.15) is 31.2 Å². The number of carbonyl (C=O) groups excluding carboxylic acids is 2. The van der Waals surface area contributed by atoms with E-state index in [2.05, 4.69) is 38.3 Å². The van der Waals surface area contributed by atoms with E-state index in [1.54, 1.807) is 11.8 Å². The average Bonchev–Trinajstić information content (AvgIpc) is 3.41. The van der Waals surface area contributed by atoms with E-state index >= 15 is 0 Å². The fraction of sp³-hybridized carbons (Fsp3) is 0.474. The van der Waals surface area contributed by atoms with Gasteiger partial charge >= 0.3 is 6.03 Å². The van der Waals surface area contributed by atoms with Gasteiger partial charge in [0, 0.05) is 23.2 Å². The zero-order valence-corrected chi connectivity index (χ0v) is 18.2. The molecule has 3 atom stereocenters. The van der Waals surface area contributed by atoms with Crippen LogP contribution in [0.2, 0.25) is 0 Å². The lowest BCUT2D eigenvalue weighted by atomic mass is 10.0. The second-order valence-electron chi connectivity index (χ2n) is 7.06. The van der Waals surface area contributed by atoms with Gasteiger partial charge in [-0.3, -0.25) is 4.79 Å². The molecule has 3 amide bonds. The van der Waals surface area contributed by atoms with Crippen molar-refractivity contribution in [1.82, 2.24) is 20.8 Å². The largest absolute Gasteiger partial charge is 0.332 e. The van der Waals surface area contributed by atoms with E-state index in [9.17, 15) is 9.59 Å². The minimum atomic E-state index is -0.0527. The lowest BCUT2D eigenvalue weighted by molar-refractivity contribution is -0.116. The van der Waals surface area contributed by atoms with E-state index in [4.69, 9.17) is 0 Å². The number of rotatable bonds is 9. The van der Waals surface area contributed by atoms with Crippen molar-refractivity contribution in [2.24, 2.45) is 0 Å². The maximum absolute atomic E-state index is 12.2. The highest BCUT2D eigenvalue weighted by Gasteiger charge is 2.42. The number of fused-ring (bicyclic) bond motifs is 1. The van der Waals surface area contributed by atoms with Crippen molar-refractivity contribution in [2.75, 3.05) is 11.1 Å². The summed E-state index contributed by atoms with van der Waals surface area (Å²) in [6.45, 7) is 0. The third-order valence-corrected chi connectivity index (χ3v) is 8.49. The summed E-state index contributed by atoms with van der Waals surface area (Å²) in [5.74, 6) is 1.78. The Morgan fingerprint density at radius 1 is 1.21 bits per heavy atom. The van der Waals surface area contributed by atoms with Gasteiger partial charge in [0.15, 0.2) is 4.34 Å². The van der Waals surface area contributed by atoms with Crippen molar-refractivity contribution in [3.63, 3.8) is 0 Å². The first kappa shape index (κ1) is 20.5. The maximum atomic E-state index is 12.2. The Hall–Kier alpha value is -1.78. The number of hydrogen-bond acceptors (Lipinski definition) is 7. The van der Waals surface area contributed by atoms with E-state index < -0.39 is 0 Å². The highest BCUT2D eigenvalue weighted by molar-refractivity contribution is 8.00. The van der Waals surface area contributed by atoms with E-state index in [0.717, 1.165) is 35.1 Å². The number of benzene rings is 1. The topological polar surface area (TPSA) is 96.0 Å². The Balaban J connectivity index is 1.13. The Morgan fingerprint density at radius 2 is 2.07 bits per heavy atom. The van der Waals surface area contributed by atoms with E-state index in [1.165, 1.54) is 16.9 Å². The first-order valence-corrected chi connectivity index (χ1v) is 12.5. The molecule has 2 aliphatic rings. The highest BCUT2D eigenvalue weighted by Crippen LogP contribution is 2.33. The fourth-order valence-electron chi connectivity index (χ4n) is 3.49. The Kier molecular flexibility index (Phi) is 6.94. The van der Waals surface area contributed by atoms with Crippen molar-refractivity contribution < 1.29 is 9.59 Å². The molecule has 0 aliphatic carbocycles. The second kappa shape index (κ2) is 9.82. The fourth-order valence-corrected chi connectivity index (χ4v) is 6.76. The number of unbranched alkanes of at least 4 members (excludes halogenated alkanes) is 1. The standard InChI is InChI=1S/C19H23N5O2S3/c25-15(9-5-4-8-14-16-13(11-27-14)20-17(26)22-16)21-18-23-24-19(29-18)28-10-12-6-2-1-3-7-12/h1-3,6-7,13-14,16H,4-5,8-11H2,(H2,20,22,26)(H,21,23,25)/t13-,14-,16-/m0/s1. The SMILES string of the molecule is O=C(CCCC[C@@H]1SC[C@@H]2NC(=O)N[C@@H]21)Nc1nnc(SCc2ccccc2)s1. The van der Waals surface area contributed by atoms with Gasteiger partial charge < -0.3 is 16.0 Å². The molecule has 0 radical (unpaired) electrons. The molecule has 4 rings (SSSR count). The van der Waals surface area contributed by atoms with Gasteiger partial charge in [0.05, 0.1) is 12.1 Å². The monoisotopic (exact) mass is 449 g/mol. The number of carbonyl (C=O) groups is 2. The number of nitrogens with one attached hydrogen (secondary N) is 3. The lowest BCUT2D eigenvalue weighted by Crippen LogP contribution is -2.36. The zero-order chi connectivity index (χ0) is 20.1. The third kappa shape index (κ3) is 5.64. The molecule has 3 N–H and O–H groups in total. The van der Waals surface area contributed by atoms with Crippen molar-refractivity contribution in [3.05, 3.63) is 35.9 Å². The molecule has 10 heteroatoms. The summed E-state index contributed by atoms with van der Waals surface area (Å²) in [4.78, 5) is 23.6. The van der Waals surface area contributed by atoms with Crippen LogP contribution in [-0.4, -0.2) is 45.2 Å². The number of amides is 3. The van der Waals surface area contributed by atoms with Gasteiger partial charge in [-0.25, -0.2) is 4.79 Å². The van der Waals surface area contributed by atoms with Crippen LogP contribution in [0.5, 0.6) is 0 Å². The number of hydrogen-bond donors (Lipinski definition) is 3. The lowest BCUT2D eigenvalue weighted by Gasteiger charge is -2.16. The van der Waals surface area contributed by atoms with Crippen molar-refractivity contribution in [1.29, 1.82) is 0 Å². The summed E-state index contributed by atoms with van der Waals surface area (Å²) in [5, 5.41) is 18.0. The summed E-state index contributed by atoms with van der Waals surface area (Å²) in [7, 11) is 0. The molecule has 3 heterocycles. The van der Waals surface area contributed by atoms with Crippen LogP contribution in [-0.2, 0) is 10.5 Å². The van der Waals surface area contributed by atoms with Gasteiger partial charge in [-0.05, 0) is 18.4 Å². The smallest absolute Gasteiger partial charge is 0.315 e. The Morgan fingerprint density at radius 3 is 2.93 bits per heavy atom.